The number of hydrogen-bond acceptors (Lipinski definition) is 0. The van der Waals surface area contributed by atoms with E-state index in [1.165, 1.54) is 112 Å². The molecule has 0 heterocycles. The van der Waals surface area contributed by atoms with E-state index in [1.54, 1.807) is 11.1 Å². The SMILES string of the molecule is CCC[SiH](C)[Zr]([Cl])([Cl])([CH]1C(CC2CCCC2)=Cc2c(-c3ccc([Si](C)(C)C)cc3)cccc21)[CH]1C(CC2CCCC2)=Cc2c(-c3ccc([Si](C)(C)C)cc3)cccc21. The van der Waals surface area contributed by atoms with Crippen LogP contribution in [0.5, 0.6) is 0 Å². The van der Waals surface area contributed by atoms with Gasteiger partial charge in [0.25, 0.3) is 0 Å². The average Bonchev–Trinajstić information content (AvgIpc) is 4.02. The molecule has 0 spiro atoms. The van der Waals surface area contributed by atoms with Crippen LogP contribution in [0.3, 0.4) is 0 Å². The summed E-state index contributed by atoms with van der Waals surface area (Å²) in [7, 11) is 15.7. The summed E-state index contributed by atoms with van der Waals surface area (Å²) in [5.41, 5.74) is 14.3. The number of hydrogen-bond donors (Lipinski definition) is 0. The van der Waals surface area contributed by atoms with Gasteiger partial charge in [-0.2, -0.15) is 0 Å². The van der Waals surface area contributed by atoms with Crippen molar-refractivity contribution in [2.24, 2.45) is 11.8 Å². The number of benzene rings is 4. The molecule has 0 bridgehead atoms. The van der Waals surface area contributed by atoms with Crippen molar-refractivity contribution in [2.45, 2.75) is 137 Å². The molecule has 2 fully saturated rings. The Labute approximate surface area is 363 Å². The van der Waals surface area contributed by atoms with Gasteiger partial charge in [0, 0.05) is 0 Å². The normalized spacial score (nSPS) is 21.4. The van der Waals surface area contributed by atoms with Crippen LogP contribution in [-0.4, -0.2) is 22.1 Å². The van der Waals surface area contributed by atoms with Crippen molar-refractivity contribution in [2.75, 3.05) is 0 Å². The first-order chi connectivity index (χ1) is 27.6. The molecule has 3 unspecified atom stereocenters. The van der Waals surface area contributed by atoms with Gasteiger partial charge in [-0.1, -0.05) is 0 Å². The zero-order valence-electron chi connectivity index (χ0n) is 36.9. The predicted molar refractivity (Wildman–Crippen MR) is 264 cm³/mol. The quantitative estimate of drug-likeness (QED) is 0.117. The topological polar surface area (TPSA) is 0 Å². The fraction of sp³-hybridized carbons (Fsp3) is 0.462. The van der Waals surface area contributed by atoms with Crippen molar-refractivity contribution in [3.63, 3.8) is 0 Å². The van der Waals surface area contributed by atoms with Crippen molar-refractivity contribution < 1.29 is 15.6 Å². The Hall–Kier alpha value is -1.53. The average molecular weight is 941 g/mol. The molecule has 0 aliphatic heterocycles. The van der Waals surface area contributed by atoms with E-state index in [1.807, 2.05) is 0 Å². The second-order valence-corrected chi connectivity index (χ2v) is 72.7. The van der Waals surface area contributed by atoms with Crippen LogP contribution < -0.4 is 10.4 Å². The number of allylic oxidation sites excluding steroid dienone is 2. The first kappa shape index (κ1) is 43.1. The molecule has 0 amide bonds. The second kappa shape index (κ2) is 16.6. The molecular formula is C52H69Cl2Si3Zr. The molecule has 0 radical (unpaired) electrons. The van der Waals surface area contributed by atoms with Crippen LogP contribution in [0.2, 0.25) is 51.9 Å². The third-order valence-corrected chi connectivity index (χ3v) is 69.8. The van der Waals surface area contributed by atoms with E-state index in [0.29, 0.717) is 0 Å². The summed E-state index contributed by atoms with van der Waals surface area (Å²) in [6, 6.07) is 34.8. The fourth-order valence-corrected chi connectivity index (χ4v) is 55.5. The van der Waals surface area contributed by atoms with Crippen LogP contribution in [0, 0.1) is 11.8 Å². The van der Waals surface area contributed by atoms with Crippen molar-refractivity contribution in [1.29, 1.82) is 0 Å². The van der Waals surface area contributed by atoms with E-state index in [9.17, 15) is 17.0 Å². The van der Waals surface area contributed by atoms with Gasteiger partial charge in [-0.3, -0.25) is 0 Å². The molecule has 307 valence electrons. The number of rotatable bonds is 13. The van der Waals surface area contributed by atoms with Crippen molar-refractivity contribution in [3.05, 3.63) is 118 Å². The van der Waals surface area contributed by atoms with Crippen LogP contribution in [0.15, 0.2) is 96.1 Å². The van der Waals surface area contributed by atoms with Crippen LogP contribution >= 0.6 is 17.0 Å². The van der Waals surface area contributed by atoms with Crippen LogP contribution in [-0.2, 0) is 15.6 Å². The number of fused-ring (bicyclic) bond motifs is 2. The first-order valence-corrected chi connectivity index (χ1v) is 46.0. The Morgan fingerprint density at radius 3 is 1.29 bits per heavy atom. The first-order valence-electron chi connectivity index (χ1n) is 23.0. The third-order valence-electron chi connectivity index (χ3n) is 15.2. The van der Waals surface area contributed by atoms with E-state index < -0.39 is 37.6 Å². The summed E-state index contributed by atoms with van der Waals surface area (Å²) in [5.74, 6) is -0.246. The Bertz CT molecular complexity index is 2040. The molecule has 4 aromatic rings. The minimum absolute atomic E-state index is 0.150. The Kier molecular flexibility index (Phi) is 12.4. The molecule has 0 nitrogen and oxygen atoms in total. The van der Waals surface area contributed by atoms with Crippen molar-refractivity contribution in [3.8, 4) is 22.3 Å². The molecule has 4 aliphatic carbocycles. The Morgan fingerprint density at radius 1 is 0.569 bits per heavy atom. The summed E-state index contributed by atoms with van der Waals surface area (Å²) in [5, 5.41) is 3.03. The van der Waals surface area contributed by atoms with E-state index in [0.717, 1.165) is 31.1 Å². The molecule has 8 rings (SSSR count). The summed E-state index contributed by atoms with van der Waals surface area (Å²) < 4.78 is 0.301. The Balaban J connectivity index is 1.33. The van der Waals surface area contributed by atoms with Gasteiger partial charge in [-0.05, 0) is 0 Å². The van der Waals surface area contributed by atoms with Crippen LogP contribution in [0.1, 0.15) is 107 Å². The van der Waals surface area contributed by atoms with Gasteiger partial charge >= 0.3 is 366 Å². The van der Waals surface area contributed by atoms with Gasteiger partial charge in [0.05, 0.1) is 0 Å². The monoisotopic (exact) mass is 937 g/mol. The predicted octanol–water partition coefficient (Wildman–Crippen LogP) is 15.6. The maximum atomic E-state index is 9.26. The molecular weight excluding hydrogens is 871 g/mol. The van der Waals surface area contributed by atoms with Crippen molar-refractivity contribution >= 4 is 61.6 Å². The molecule has 58 heavy (non-hydrogen) atoms. The summed E-state index contributed by atoms with van der Waals surface area (Å²) in [6.07, 6.45) is 19.5. The summed E-state index contributed by atoms with van der Waals surface area (Å²) in [6.45, 7) is 19.7. The minimum atomic E-state index is -5.04. The maximum absolute atomic E-state index is 9.26. The number of halogens is 2. The molecule has 4 aliphatic rings. The van der Waals surface area contributed by atoms with E-state index in [4.69, 9.17) is 0 Å². The molecule has 3 atom stereocenters. The zero-order valence-corrected chi connectivity index (χ0v) is 44.0. The van der Waals surface area contributed by atoms with E-state index >= 15 is 0 Å². The van der Waals surface area contributed by atoms with Gasteiger partial charge < -0.3 is 0 Å². The van der Waals surface area contributed by atoms with Crippen LogP contribution in [0.4, 0.5) is 0 Å². The van der Waals surface area contributed by atoms with Gasteiger partial charge in [0.2, 0.25) is 0 Å². The van der Waals surface area contributed by atoms with Gasteiger partial charge in [0.15, 0.2) is 0 Å². The molecule has 0 aromatic heterocycles. The van der Waals surface area contributed by atoms with E-state index in [-0.39, 0.29) is 7.25 Å². The third kappa shape index (κ3) is 8.01. The summed E-state index contributed by atoms with van der Waals surface area (Å²) in [4.78, 5) is 0. The molecule has 0 saturated heterocycles. The molecule has 0 N–H and O–H groups in total. The van der Waals surface area contributed by atoms with Crippen LogP contribution in [0.25, 0.3) is 34.4 Å². The van der Waals surface area contributed by atoms with Crippen molar-refractivity contribution in [1.82, 2.24) is 0 Å². The van der Waals surface area contributed by atoms with Gasteiger partial charge in [0.1, 0.15) is 0 Å². The molecule has 4 aromatic carbocycles. The van der Waals surface area contributed by atoms with Gasteiger partial charge in [-0.15, -0.1) is 0 Å². The summed E-state index contributed by atoms with van der Waals surface area (Å²) >= 11 is -5.04. The fourth-order valence-electron chi connectivity index (χ4n) is 11.9. The Morgan fingerprint density at radius 2 is 0.948 bits per heavy atom. The zero-order chi connectivity index (χ0) is 41.1. The molecule has 2 saturated carbocycles. The second-order valence-electron chi connectivity index (χ2n) is 21.2. The molecule has 6 heteroatoms. The van der Waals surface area contributed by atoms with E-state index in [2.05, 4.69) is 150 Å². The van der Waals surface area contributed by atoms with Gasteiger partial charge in [-0.25, -0.2) is 0 Å². The standard InChI is InChI=1S/2C24H29Si.C4H11Si.2ClH.Zr/c2*1-25(2,3)22-13-11-20(12-14-22)23-10-6-9-21-16-19(17-24(21)23)15-18-7-4-5-8-18;1-3-4-5-2;;;/h2*6,9-14,16-18H,4-5,7-8,15H2,1-3H3;5H,3-4H2,1-2H3;2*1H;/q;;;;;+2/p-2.